The molecule has 0 saturated heterocycles. The van der Waals surface area contributed by atoms with E-state index in [0.717, 1.165) is 4.68 Å². The van der Waals surface area contributed by atoms with E-state index in [9.17, 15) is 20.3 Å². The molecule has 0 fully saturated rings. The summed E-state index contributed by atoms with van der Waals surface area (Å²) in [6.45, 7) is 0. The maximum Gasteiger partial charge on any atom is 0.458 e. The Morgan fingerprint density at radius 2 is 1.95 bits per heavy atom. The van der Waals surface area contributed by atoms with E-state index >= 15 is 0 Å². The summed E-state index contributed by atoms with van der Waals surface area (Å²) in [5.74, 6) is -0.195. The molecule has 0 amide bonds. The van der Waals surface area contributed by atoms with Crippen LogP contribution in [0.15, 0.2) is 42.5 Å². The molecule has 9 nitrogen and oxygen atoms in total. The number of imidazole rings is 1. The third-order valence-corrected chi connectivity index (χ3v) is 2.78. The van der Waals surface area contributed by atoms with Crippen molar-refractivity contribution < 1.29 is 15.1 Å². The first-order valence-electron chi connectivity index (χ1n) is 5.55. The summed E-state index contributed by atoms with van der Waals surface area (Å²) in [6.07, 6.45) is 2.47. The van der Waals surface area contributed by atoms with E-state index < -0.39 is 10.9 Å². The van der Waals surface area contributed by atoms with E-state index in [1.807, 2.05) is 0 Å². The van der Waals surface area contributed by atoms with Gasteiger partial charge in [0.1, 0.15) is 5.75 Å². The highest BCUT2D eigenvalue weighted by Crippen LogP contribution is 2.33. The average molecular weight is 275 g/mol. The van der Waals surface area contributed by atoms with Crippen LogP contribution in [0.2, 0.25) is 0 Å². The number of aliphatic hydroxyl groups excluding tert-OH is 1. The molecule has 0 unspecified atom stereocenters. The fourth-order valence-corrected chi connectivity index (χ4v) is 1.91. The molecule has 0 bridgehead atoms. The predicted molar refractivity (Wildman–Crippen MR) is 69.2 cm³/mol. The van der Waals surface area contributed by atoms with Gasteiger partial charge in [0.2, 0.25) is 11.7 Å². The summed E-state index contributed by atoms with van der Waals surface area (Å²) in [4.78, 5) is 15.3. The number of aliphatic hydroxyl groups is 1. The first kappa shape index (κ1) is 11.8. The summed E-state index contributed by atoms with van der Waals surface area (Å²) < 4.78 is 1.13. The lowest BCUT2D eigenvalue weighted by Crippen LogP contribution is -2.28. The lowest BCUT2D eigenvalue weighted by molar-refractivity contribution is -0.396. The number of nitrogens with zero attached hydrogens (tertiary/aromatic N) is 4. The number of fused-ring (bicyclic) bond motifs is 1. The van der Waals surface area contributed by atoms with Crippen molar-refractivity contribution in [2.45, 2.75) is 0 Å². The van der Waals surface area contributed by atoms with Gasteiger partial charge in [0.15, 0.2) is 6.20 Å². The van der Waals surface area contributed by atoms with Gasteiger partial charge in [-0.3, -0.25) is 0 Å². The van der Waals surface area contributed by atoms with Crippen molar-refractivity contribution in [1.29, 1.82) is 0 Å². The number of phenols is 1. The molecule has 3 N–H and O–H groups in total. The van der Waals surface area contributed by atoms with Crippen molar-refractivity contribution in [1.82, 2.24) is 9.66 Å². The highest BCUT2D eigenvalue weighted by atomic mass is 16.6. The monoisotopic (exact) mass is 275 g/mol. The molecule has 1 aliphatic rings. The molecule has 0 radical (unpaired) electrons. The van der Waals surface area contributed by atoms with Gasteiger partial charge in [0, 0.05) is 0 Å². The van der Waals surface area contributed by atoms with Crippen molar-refractivity contribution in [3.05, 3.63) is 52.7 Å². The minimum atomic E-state index is -0.637. The minimum Gasteiger partial charge on any atom is -0.508 e. The van der Waals surface area contributed by atoms with Gasteiger partial charge in [-0.05, 0) is 29.2 Å². The van der Waals surface area contributed by atoms with Crippen molar-refractivity contribution >= 4 is 17.5 Å². The van der Waals surface area contributed by atoms with E-state index in [1.165, 1.54) is 29.4 Å². The number of hydrogen-bond donors (Lipinski definition) is 3. The minimum absolute atomic E-state index is 0.0758. The standard InChI is InChI=1S/C11H9N5O4/c17-8-3-1-7(2-4-8)14-9-5-12-11(16(19)20)15(9)13-6-10(14)18/h1-6,13,17-18H. The summed E-state index contributed by atoms with van der Waals surface area (Å²) in [5.41, 5.74) is 3.09. The zero-order valence-corrected chi connectivity index (χ0v) is 9.96. The van der Waals surface area contributed by atoms with Crippen LogP contribution in [0, 0.1) is 10.1 Å². The van der Waals surface area contributed by atoms with Crippen LogP contribution in [0.5, 0.6) is 5.75 Å². The highest BCUT2D eigenvalue weighted by Gasteiger charge is 2.31. The summed E-state index contributed by atoms with van der Waals surface area (Å²) in [6, 6.07) is 6.02. The number of rotatable bonds is 2. The number of anilines is 2. The Morgan fingerprint density at radius 3 is 2.60 bits per heavy atom. The second-order valence-corrected chi connectivity index (χ2v) is 3.99. The second-order valence-electron chi connectivity index (χ2n) is 3.99. The quantitative estimate of drug-likeness (QED) is 0.562. The number of aromatic nitrogens is 2. The van der Waals surface area contributed by atoms with Crippen LogP contribution in [-0.2, 0) is 0 Å². The van der Waals surface area contributed by atoms with Crippen LogP contribution >= 0.6 is 0 Å². The average Bonchev–Trinajstić information content (AvgIpc) is 2.84. The molecule has 0 atom stereocenters. The van der Waals surface area contributed by atoms with Gasteiger partial charge < -0.3 is 20.3 Å². The van der Waals surface area contributed by atoms with Gasteiger partial charge in [-0.15, -0.1) is 4.68 Å². The Labute approximate surface area is 112 Å². The zero-order chi connectivity index (χ0) is 14.3. The number of nitrogens with one attached hydrogen (secondary N) is 1. The Balaban J connectivity index is 2.11. The summed E-state index contributed by atoms with van der Waals surface area (Å²) in [7, 11) is 0. The molecule has 0 spiro atoms. The second kappa shape index (κ2) is 4.16. The van der Waals surface area contributed by atoms with Crippen LogP contribution in [0.25, 0.3) is 0 Å². The number of aromatic hydroxyl groups is 1. The fraction of sp³-hybridized carbons (Fsp3) is 0. The molecule has 3 rings (SSSR count). The molecule has 9 heteroatoms. The molecular formula is C11H9N5O4. The van der Waals surface area contributed by atoms with Crippen LogP contribution in [0.1, 0.15) is 0 Å². The van der Waals surface area contributed by atoms with Crippen LogP contribution < -0.4 is 10.3 Å². The van der Waals surface area contributed by atoms with Crippen LogP contribution in [0.3, 0.4) is 0 Å². The molecule has 2 aromatic rings. The Morgan fingerprint density at radius 1 is 1.25 bits per heavy atom. The number of hydrogen-bond acceptors (Lipinski definition) is 7. The van der Waals surface area contributed by atoms with E-state index in [2.05, 4.69) is 10.4 Å². The smallest absolute Gasteiger partial charge is 0.458 e. The Bertz CT molecular complexity index is 706. The number of benzene rings is 1. The van der Waals surface area contributed by atoms with Crippen molar-refractivity contribution in [3.8, 4) is 5.75 Å². The Kier molecular flexibility index (Phi) is 2.46. The van der Waals surface area contributed by atoms with Crippen molar-refractivity contribution in [2.24, 2.45) is 0 Å². The number of nitro groups is 1. The molecular weight excluding hydrogens is 266 g/mol. The van der Waals surface area contributed by atoms with Crippen molar-refractivity contribution in [2.75, 3.05) is 10.3 Å². The van der Waals surface area contributed by atoms with Gasteiger partial charge in [0.05, 0.1) is 11.9 Å². The van der Waals surface area contributed by atoms with Crippen LogP contribution in [0.4, 0.5) is 17.5 Å². The first-order chi connectivity index (χ1) is 9.58. The van der Waals surface area contributed by atoms with Crippen LogP contribution in [-0.4, -0.2) is 24.8 Å². The zero-order valence-electron chi connectivity index (χ0n) is 9.96. The van der Waals surface area contributed by atoms with Gasteiger partial charge in [-0.1, -0.05) is 4.98 Å². The highest BCUT2D eigenvalue weighted by molar-refractivity contribution is 5.67. The van der Waals surface area contributed by atoms with Crippen molar-refractivity contribution in [3.63, 3.8) is 0 Å². The molecule has 0 aliphatic carbocycles. The SMILES string of the molecule is O=[N+]([O-])c1ncc2n1NC=C(O)N2c1ccc(O)cc1. The molecule has 1 aromatic carbocycles. The Hall–Kier alpha value is -3.23. The van der Waals surface area contributed by atoms with Gasteiger partial charge >= 0.3 is 5.95 Å². The summed E-state index contributed by atoms with van der Waals surface area (Å²) >= 11 is 0. The van der Waals surface area contributed by atoms with E-state index in [4.69, 9.17) is 0 Å². The maximum atomic E-state index is 10.9. The largest absolute Gasteiger partial charge is 0.508 e. The lowest BCUT2D eigenvalue weighted by atomic mass is 10.2. The fourth-order valence-electron chi connectivity index (χ4n) is 1.91. The molecule has 2 heterocycles. The van der Waals surface area contributed by atoms with Gasteiger partial charge in [0.25, 0.3) is 0 Å². The van der Waals surface area contributed by atoms with Gasteiger partial charge in [-0.25, -0.2) is 10.3 Å². The molecule has 20 heavy (non-hydrogen) atoms. The number of phenolic OH excluding ortho intramolecular Hbond substituents is 1. The lowest BCUT2D eigenvalue weighted by Gasteiger charge is -2.25. The molecule has 1 aromatic heterocycles. The van der Waals surface area contributed by atoms with E-state index in [1.54, 1.807) is 12.1 Å². The third-order valence-electron chi connectivity index (χ3n) is 2.78. The predicted octanol–water partition coefficient (Wildman–Crippen LogP) is 1.55. The molecule has 0 saturated carbocycles. The van der Waals surface area contributed by atoms with E-state index in [0.29, 0.717) is 5.69 Å². The van der Waals surface area contributed by atoms with Gasteiger partial charge in [-0.2, -0.15) is 0 Å². The van der Waals surface area contributed by atoms with E-state index in [-0.39, 0.29) is 17.5 Å². The molecule has 102 valence electrons. The maximum absolute atomic E-state index is 10.9. The molecule has 1 aliphatic heterocycles. The third kappa shape index (κ3) is 1.68. The normalized spacial score (nSPS) is 13.4. The summed E-state index contributed by atoms with van der Waals surface area (Å²) in [5, 5.41) is 30.1. The first-order valence-corrected chi connectivity index (χ1v) is 5.55. The topological polar surface area (TPSA) is 117 Å².